The van der Waals surface area contributed by atoms with Gasteiger partial charge in [-0.05, 0) is 49.9 Å². The topological polar surface area (TPSA) is 60.3 Å². The lowest BCUT2D eigenvalue weighted by atomic mass is 9.80. The largest absolute Gasteiger partial charge is 0.493 e. The molecule has 0 spiro atoms. The van der Waals surface area contributed by atoms with Crippen molar-refractivity contribution < 1.29 is 19.3 Å². The minimum Gasteiger partial charge on any atom is -0.493 e. The molecule has 2 atom stereocenters. The molecule has 134 valence electrons. The monoisotopic (exact) mass is 335 g/mol. The predicted octanol–water partition coefficient (Wildman–Crippen LogP) is 3.22. The molecule has 0 amide bonds. The lowest BCUT2D eigenvalue weighted by Gasteiger charge is -2.43. The van der Waals surface area contributed by atoms with E-state index in [0.29, 0.717) is 43.9 Å². The molecular formula is C19H29NO4. The van der Waals surface area contributed by atoms with E-state index in [0.717, 1.165) is 12.0 Å². The Morgan fingerprint density at radius 3 is 2.71 bits per heavy atom. The first-order valence-corrected chi connectivity index (χ1v) is 8.52. The lowest BCUT2D eigenvalue weighted by molar-refractivity contribution is -0.154. The molecule has 2 unspecified atom stereocenters. The fourth-order valence-corrected chi connectivity index (χ4v) is 3.14. The standard InChI is InChI=1S/C19H29NO4/c1-5-18(2)14-19(21,9-11-24-18)8-10-20-13-15-6-7-16(22-3)17(12-15)23-4/h6-7,12-13,21H,5,8-11,14H2,1-4H3. The molecule has 1 aliphatic rings. The summed E-state index contributed by atoms with van der Waals surface area (Å²) in [5, 5.41) is 10.8. The number of aliphatic hydroxyl groups is 1. The molecule has 5 nitrogen and oxygen atoms in total. The van der Waals surface area contributed by atoms with Crippen molar-refractivity contribution in [2.45, 2.75) is 50.7 Å². The van der Waals surface area contributed by atoms with E-state index in [1.165, 1.54) is 0 Å². The van der Waals surface area contributed by atoms with Crippen molar-refractivity contribution in [3.8, 4) is 11.5 Å². The van der Waals surface area contributed by atoms with Gasteiger partial charge in [0.15, 0.2) is 11.5 Å². The molecule has 1 fully saturated rings. The van der Waals surface area contributed by atoms with Crippen molar-refractivity contribution in [2.75, 3.05) is 27.4 Å². The molecule has 1 aromatic carbocycles. The highest BCUT2D eigenvalue weighted by Gasteiger charge is 2.40. The number of aliphatic imine (C=N–C) groups is 1. The molecule has 1 aliphatic heterocycles. The average Bonchev–Trinajstić information content (AvgIpc) is 2.58. The highest BCUT2D eigenvalue weighted by molar-refractivity contribution is 5.80. The molecule has 1 N–H and O–H groups in total. The summed E-state index contributed by atoms with van der Waals surface area (Å²) in [5.41, 5.74) is 0.0443. The first-order valence-electron chi connectivity index (χ1n) is 8.52. The Labute approximate surface area is 144 Å². The maximum atomic E-state index is 10.8. The SMILES string of the molecule is CCC1(C)CC(O)(CCN=Cc2ccc(OC)c(OC)c2)CCO1. The summed E-state index contributed by atoms with van der Waals surface area (Å²) in [6.45, 7) is 5.37. The van der Waals surface area contributed by atoms with E-state index in [1.807, 2.05) is 24.4 Å². The zero-order valence-electron chi connectivity index (χ0n) is 15.2. The van der Waals surface area contributed by atoms with Gasteiger partial charge in [0, 0.05) is 19.2 Å². The first-order chi connectivity index (χ1) is 11.4. The van der Waals surface area contributed by atoms with Crippen molar-refractivity contribution in [2.24, 2.45) is 4.99 Å². The minimum atomic E-state index is -0.683. The van der Waals surface area contributed by atoms with Gasteiger partial charge >= 0.3 is 0 Å². The van der Waals surface area contributed by atoms with Crippen molar-refractivity contribution in [3.63, 3.8) is 0 Å². The highest BCUT2D eigenvalue weighted by atomic mass is 16.5. The van der Waals surface area contributed by atoms with E-state index in [-0.39, 0.29) is 5.60 Å². The summed E-state index contributed by atoms with van der Waals surface area (Å²) in [6.07, 6.45) is 4.71. The second-order valence-corrected chi connectivity index (χ2v) is 6.70. The van der Waals surface area contributed by atoms with Crippen molar-refractivity contribution in [3.05, 3.63) is 23.8 Å². The van der Waals surface area contributed by atoms with Gasteiger partial charge in [0.25, 0.3) is 0 Å². The van der Waals surface area contributed by atoms with Crippen LogP contribution < -0.4 is 9.47 Å². The van der Waals surface area contributed by atoms with Gasteiger partial charge in [-0.2, -0.15) is 0 Å². The number of hydrogen-bond donors (Lipinski definition) is 1. The summed E-state index contributed by atoms with van der Waals surface area (Å²) < 4.78 is 16.3. The van der Waals surface area contributed by atoms with Crippen LogP contribution in [0.25, 0.3) is 0 Å². The molecule has 0 saturated carbocycles. The Kier molecular flexibility index (Phi) is 6.24. The Morgan fingerprint density at radius 1 is 1.29 bits per heavy atom. The maximum absolute atomic E-state index is 10.8. The van der Waals surface area contributed by atoms with E-state index >= 15 is 0 Å². The molecule has 1 heterocycles. The van der Waals surface area contributed by atoms with Gasteiger partial charge in [-0.1, -0.05) is 6.92 Å². The third kappa shape index (κ3) is 4.71. The Bertz CT molecular complexity index is 574. The molecule has 2 rings (SSSR count). The molecule has 0 aromatic heterocycles. The third-order valence-corrected chi connectivity index (χ3v) is 4.82. The first kappa shape index (κ1) is 18.7. The Morgan fingerprint density at radius 2 is 2.04 bits per heavy atom. The second kappa shape index (κ2) is 7.99. The van der Waals surface area contributed by atoms with Crippen LogP contribution in [-0.4, -0.2) is 49.9 Å². The second-order valence-electron chi connectivity index (χ2n) is 6.70. The Balaban J connectivity index is 1.92. The average molecular weight is 335 g/mol. The summed E-state index contributed by atoms with van der Waals surface area (Å²) in [6, 6.07) is 5.68. The molecule has 1 saturated heterocycles. The molecule has 0 aliphatic carbocycles. The molecule has 0 bridgehead atoms. The maximum Gasteiger partial charge on any atom is 0.161 e. The van der Waals surface area contributed by atoms with Crippen molar-refractivity contribution in [1.82, 2.24) is 0 Å². The Hall–Kier alpha value is -1.59. The van der Waals surface area contributed by atoms with Crippen LogP contribution in [0.1, 0.15) is 45.1 Å². The number of nitrogens with zero attached hydrogens (tertiary/aromatic N) is 1. The van der Waals surface area contributed by atoms with Crippen LogP contribution in [0.5, 0.6) is 11.5 Å². The van der Waals surface area contributed by atoms with E-state index in [1.54, 1.807) is 14.2 Å². The minimum absolute atomic E-state index is 0.222. The van der Waals surface area contributed by atoms with Gasteiger partial charge in [0.1, 0.15) is 0 Å². The fourth-order valence-electron chi connectivity index (χ4n) is 3.14. The van der Waals surface area contributed by atoms with Crippen LogP contribution in [0.2, 0.25) is 0 Å². The van der Waals surface area contributed by atoms with Crippen LogP contribution in [0.15, 0.2) is 23.2 Å². The number of hydrogen-bond acceptors (Lipinski definition) is 5. The number of ether oxygens (including phenoxy) is 3. The van der Waals surface area contributed by atoms with Crippen LogP contribution in [0.3, 0.4) is 0 Å². The van der Waals surface area contributed by atoms with E-state index in [9.17, 15) is 5.11 Å². The zero-order chi connectivity index (χ0) is 17.6. The summed E-state index contributed by atoms with van der Waals surface area (Å²) in [4.78, 5) is 4.46. The quantitative estimate of drug-likeness (QED) is 0.777. The normalized spacial score (nSPS) is 27.4. The van der Waals surface area contributed by atoms with Gasteiger partial charge in [-0.25, -0.2) is 0 Å². The third-order valence-electron chi connectivity index (χ3n) is 4.82. The van der Waals surface area contributed by atoms with Gasteiger partial charge in [-0.3, -0.25) is 4.99 Å². The molecule has 5 heteroatoms. The summed E-state index contributed by atoms with van der Waals surface area (Å²) >= 11 is 0. The van der Waals surface area contributed by atoms with Gasteiger partial charge in [0.2, 0.25) is 0 Å². The van der Waals surface area contributed by atoms with Crippen LogP contribution >= 0.6 is 0 Å². The zero-order valence-corrected chi connectivity index (χ0v) is 15.2. The lowest BCUT2D eigenvalue weighted by Crippen LogP contribution is -2.47. The molecular weight excluding hydrogens is 306 g/mol. The fraction of sp³-hybridized carbons (Fsp3) is 0.632. The molecule has 24 heavy (non-hydrogen) atoms. The van der Waals surface area contributed by atoms with E-state index < -0.39 is 5.60 Å². The van der Waals surface area contributed by atoms with E-state index in [4.69, 9.17) is 14.2 Å². The van der Waals surface area contributed by atoms with Crippen molar-refractivity contribution in [1.29, 1.82) is 0 Å². The smallest absolute Gasteiger partial charge is 0.161 e. The summed E-state index contributed by atoms with van der Waals surface area (Å²) in [7, 11) is 3.23. The molecule has 1 aromatic rings. The highest BCUT2D eigenvalue weighted by Crippen LogP contribution is 2.36. The number of methoxy groups -OCH3 is 2. The van der Waals surface area contributed by atoms with E-state index in [2.05, 4.69) is 18.8 Å². The van der Waals surface area contributed by atoms with Gasteiger partial charge < -0.3 is 19.3 Å². The molecule has 0 radical (unpaired) electrons. The van der Waals surface area contributed by atoms with Crippen molar-refractivity contribution >= 4 is 6.21 Å². The predicted molar refractivity (Wildman–Crippen MR) is 95.5 cm³/mol. The summed E-state index contributed by atoms with van der Waals surface area (Å²) in [5.74, 6) is 1.38. The van der Waals surface area contributed by atoms with Crippen LogP contribution in [0, 0.1) is 0 Å². The van der Waals surface area contributed by atoms with Gasteiger partial charge in [0.05, 0.1) is 32.0 Å². The number of rotatable bonds is 7. The van der Waals surface area contributed by atoms with Gasteiger partial charge in [-0.15, -0.1) is 0 Å². The van der Waals surface area contributed by atoms with Crippen LogP contribution in [-0.2, 0) is 4.74 Å². The number of benzene rings is 1. The van der Waals surface area contributed by atoms with Crippen LogP contribution in [0.4, 0.5) is 0 Å².